The lowest BCUT2D eigenvalue weighted by atomic mass is 9.82. The molecule has 17 heavy (non-hydrogen) atoms. The zero-order valence-electron chi connectivity index (χ0n) is 10.2. The van der Waals surface area contributed by atoms with Crippen LogP contribution in [0, 0.1) is 5.92 Å². The highest BCUT2D eigenvalue weighted by atomic mass is 79.9. The molecule has 1 atom stereocenters. The minimum absolute atomic E-state index is 0.421. The van der Waals surface area contributed by atoms with Crippen molar-refractivity contribution in [1.82, 2.24) is 5.43 Å². The standard InChI is InChI=1S/C14H21BrN2/c15-13-8-4-5-11(9-13)10-14(17-16)12-6-2-1-3-7-12/h4-5,8-9,12,14,17H,1-3,6-7,10,16H2. The summed E-state index contributed by atoms with van der Waals surface area (Å²) in [6.07, 6.45) is 7.79. The fourth-order valence-electron chi connectivity index (χ4n) is 2.82. The highest BCUT2D eigenvalue weighted by Gasteiger charge is 2.22. The summed E-state index contributed by atoms with van der Waals surface area (Å²) in [6, 6.07) is 8.94. The van der Waals surface area contributed by atoms with Gasteiger partial charge in [-0.05, 0) is 42.9 Å². The van der Waals surface area contributed by atoms with Gasteiger partial charge in [-0.25, -0.2) is 0 Å². The maximum absolute atomic E-state index is 5.73. The van der Waals surface area contributed by atoms with Crippen LogP contribution in [-0.4, -0.2) is 6.04 Å². The van der Waals surface area contributed by atoms with Gasteiger partial charge in [-0.2, -0.15) is 0 Å². The Hall–Kier alpha value is -0.380. The number of rotatable bonds is 4. The number of nitrogens with two attached hydrogens (primary N) is 1. The number of halogens is 1. The van der Waals surface area contributed by atoms with Crippen molar-refractivity contribution in [3.8, 4) is 0 Å². The van der Waals surface area contributed by atoms with Crippen LogP contribution in [0.4, 0.5) is 0 Å². The second kappa shape index (κ2) is 6.53. The van der Waals surface area contributed by atoms with Crippen molar-refractivity contribution in [3.63, 3.8) is 0 Å². The van der Waals surface area contributed by atoms with Crippen LogP contribution >= 0.6 is 15.9 Å². The Bertz CT molecular complexity index is 348. The van der Waals surface area contributed by atoms with Crippen LogP contribution in [0.3, 0.4) is 0 Å². The highest BCUT2D eigenvalue weighted by Crippen LogP contribution is 2.28. The fourth-order valence-corrected chi connectivity index (χ4v) is 3.26. The summed E-state index contributed by atoms with van der Waals surface area (Å²) in [5, 5.41) is 0. The molecular weight excluding hydrogens is 276 g/mol. The van der Waals surface area contributed by atoms with E-state index in [9.17, 15) is 0 Å². The van der Waals surface area contributed by atoms with Gasteiger partial charge in [0.25, 0.3) is 0 Å². The fraction of sp³-hybridized carbons (Fsp3) is 0.571. The first kappa shape index (κ1) is 13.1. The number of hydrogen-bond donors (Lipinski definition) is 2. The maximum Gasteiger partial charge on any atom is 0.0279 e. The second-order valence-electron chi connectivity index (χ2n) is 5.01. The molecule has 2 rings (SSSR count). The molecule has 1 aliphatic carbocycles. The van der Waals surface area contributed by atoms with E-state index in [-0.39, 0.29) is 0 Å². The average molecular weight is 297 g/mol. The van der Waals surface area contributed by atoms with Gasteiger partial charge >= 0.3 is 0 Å². The lowest BCUT2D eigenvalue weighted by molar-refractivity contribution is 0.268. The molecule has 1 fully saturated rings. The predicted molar refractivity (Wildman–Crippen MR) is 75.5 cm³/mol. The zero-order valence-corrected chi connectivity index (χ0v) is 11.7. The summed E-state index contributed by atoms with van der Waals surface area (Å²) in [7, 11) is 0. The van der Waals surface area contributed by atoms with Crippen LogP contribution in [0.1, 0.15) is 37.7 Å². The maximum atomic E-state index is 5.73. The first-order chi connectivity index (χ1) is 8.29. The molecule has 0 aliphatic heterocycles. The quantitative estimate of drug-likeness (QED) is 0.660. The van der Waals surface area contributed by atoms with E-state index >= 15 is 0 Å². The van der Waals surface area contributed by atoms with E-state index in [2.05, 4.69) is 45.6 Å². The molecule has 94 valence electrons. The molecule has 1 aliphatic rings. The molecule has 2 nitrogen and oxygen atoms in total. The predicted octanol–water partition coefficient (Wildman–Crippen LogP) is 3.40. The van der Waals surface area contributed by atoms with E-state index in [0.717, 1.165) is 16.8 Å². The van der Waals surface area contributed by atoms with Crippen LogP contribution < -0.4 is 11.3 Å². The first-order valence-corrected chi connectivity index (χ1v) is 7.29. The molecule has 0 radical (unpaired) electrons. The molecule has 0 spiro atoms. The SMILES string of the molecule is NNC(Cc1cccc(Br)c1)C1CCCCC1. The third kappa shape index (κ3) is 3.80. The number of benzene rings is 1. The highest BCUT2D eigenvalue weighted by molar-refractivity contribution is 9.10. The van der Waals surface area contributed by atoms with E-state index in [1.807, 2.05) is 0 Å². The third-order valence-corrected chi connectivity index (χ3v) is 4.27. The van der Waals surface area contributed by atoms with E-state index in [4.69, 9.17) is 5.84 Å². The molecule has 0 amide bonds. The lowest BCUT2D eigenvalue weighted by Gasteiger charge is -2.29. The molecule has 1 unspecified atom stereocenters. The Morgan fingerprint density at radius 1 is 1.29 bits per heavy atom. The van der Waals surface area contributed by atoms with Crippen molar-refractivity contribution in [1.29, 1.82) is 0 Å². The van der Waals surface area contributed by atoms with Gasteiger partial charge in [0.15, 0.2) is 0 Å². The van der Waals surface area contributed by atoms with E-state index in [0.29, 0.717) is 6.04 Å². The van der Waals surface area contributed by atoms with Gasteiger partial charge in [-0.15, -0.1) is 0 Å². The van der Waals surface area contributed by atoms with Gasteiger partial charge in [-0.3, -0.25) is 11.3 Å². The van der Waals surface area contributed by atoms with Gasteiger partial charge in [-0.1, -0.05) is 47.3 Å². The minimum Gasteiger partial charge on any atom is -0.271 e. The minimum atomic E-state index is 0.421. The van der Waals surface area contributed by atoms with Crippen LogP contribution in [0.5, 0.6) is 0 Å². The van der Waals surface area contributed by atoms with Crippen molar-refractivity contribution in [2.45, 2.75) is 44.6 Å². The molecule has 0 bridgehead atoms. The molecule has 0 aromatic heterocycles. The topological polar surface area (TPSA) is 38.0 Å². The monoisotopic (exact) mass is 296 g/mol. The van der Waals surface area contributed by atoms with Gasteiger partial charge in [0.2, 0.25) is 0 Å². The molecular formula is C14H21BrN2. The normalized spacial score (nSPS) is 19.2. The Labute approximate surface area is 112 Å². The second-order valence-corrected chi connectivity index (χ2v) is 5.92. The summed E-state index contributed by atoms with van der Waals surface area (Å²) in [4.78, 5) is 0. The molecule has 1 aromatic carbocycles. The van der Waals surface area contributed by atoms with Crippen LogP contribution in [0.25, 0.3) is 0 Å². The number of hydrogen-bond acceptors (Lipinski definition) is 2. The van der Waals surface area contributed by atoms with Gasteiger partial charge in [0.05, 0.1) is 0 Å². The van der Waals surface area contributed by atoms with E-state index < -0.39 is 0 Å². The van der Waals surface area contributed by atoms with Crippen molar-refractivity contribution < 1.29 is 0 Å². The lowest BCUT2D eigenvalue weighted by Crippen LogP contribution is -2.43. The largest absolute Gasteiger partial charge is 0.271 e. The van der Waals surface area contributed by atoms with Crippen molar-refractivity contribution >= 4 is 15.9 Å². The van der Waals surface area contributed by atoms with Gasteiger partial charge < -0.3 is 0 Å². The van der Waals surface area contributed by atoms with Crippen molar-refractivity contribution in [2.24, 2.45) is 11.8 Å². The summed E-state index contributed by atoms with van der Waals surface area (Å²) >= 11 is 3.52. The van der Waals surface area contributed by atoms with E-state index in [1.54, 1.807) is 0 Å². The molecule has 3 N–H and O–H groups in total. The number of nitrogens with one attached hydrogen (secondary N) is 1. The zero-order chi connectivity index (χ0) is 12.1. The average Bonchev–Trinajstić information content (AvgIpc) is 2.37. The molecule has 1 saturated carbocycles. The van der Waals surface area contributed by atoms with E-state index in [1.165, 1.54) is 37.7 Å². The Kier molecular flexibility index (Phi) is 5.01. The Morgan fingerprint density at radius 3 is 2.71 bits per heavy atom. The van der Waals surface area contributed by atoms with Crippen molar-refractivity contribution in [3.05, 3.63) is 34.3 Å². The molecule has 0 saturated heterocycles. The summed E-state index contributed by atoms with van der Waals surface area (Å²) in [6.45, 7) is 0. The Morgan fingerprint density at radius 2 is 2.06 bits per heavy atom. The Balaban J connectivity index is 1.98. The van der Waals surface area contributed by atoms with Crippen LogP contribution in [0.2, 0.25) is 0 Å². The van der Waals surface area contributed by atoms with Gasteiger partial charge in [0, 0.05) is 10.5 Å². The molecule has 1 aromatic rings. The summed E-state index contributed by atoms with van der Waals surface area (Å²) in [5.74, 6) is 6.47. The summed E-state index contributed by atoms with van der Waals surface area (Å²) < 4.78 is 1.15. The summed E-state index contributed by atoms with van der Waals surface area (Å²) in [5.41, 5.74) is 4.38. The molecule has 0 heterocycles. The first-order valence-electron chi connectivity index (χ1n) is 6.50. The molecule has 3 heteroatoms. The van der Waals surface area contributed by atoms with Crippen LogP contribution in [0.15, 0.2) is 28.7 Å². The number of hydrazine groups is 1. The third-order valence-electron chi connectivity index (χ3n) is 3.78. The smallest absolute Gasteiger partial charge is 0.0279 e. The van der Waals surface area contributed by atoms with Crippen LogP contribution in [-0.2, 0) is 6.42 Å². The van der Waals surface area contributed by atoms with Crippen molar-refractivity contribution in [2.75, 3.05) is 0 Å². The van der Waals surface area contributed by atoms with Gasteiger partial charge in [0.1, 0.15) is 0 Å².